The highest BCUT2D eigenvalue weighted by atomic mass is 32.2. The monoisotopic (exact) mass is 576 g/mol. The predicted octanol–water partition coefficient (Wildman–Crippen LogP) is 6.88. The van der Waals surface area contributed by atoms with Gasteiger partial charge in [0, 0.05) is 35.5 Å². The maximum absolute atomic E-state index is 14.5. The molecular formula is C32H33FN2O5S. The summed E-state index contributed by atoms with van der Waals surface area (Å²) in [5.41, 5.74) is 4.93. The van der Waals surface area contributed by atoms with Gasteiger partial charge < -0.3 is 19.9 Å². The number of phenols is 1. The van der Waals surface area contributed by atoms with Crippen molar-refractivity contribution in [3.8, 4) is 28.4 Å². The van der Waals surface area contributed by atoms with E-state index in [1.54, 1.807) is 12.1 Å². The molecule has 0 aromatic heterocycles. The van der Waals surface area contributed by atoms with E-state index in [-0.39, 0.29) is 21.9 Å². The summed E-state index contributed by atoms with van der Waals surface area (Å²) in [7, 11) is -2.46. The van der Waals surface area contributed by atoms with Crippen molar-refractivity contribution in [3.05, 3.63) is 71.0 Å². The van der Waals surface area contributed by atoms with Crippen LogP contribution in [0.25, 0.3) is 28.5 Å². The van der Waals surface area contributed by atoms with Crippen molar-refractivity contribution in [1.29, 1.82) is 0 Å². The summed E-state index contributed by atoms with van der Waals surface area (Å²) in [5.74, 6) is 0.495. The van der Waals surface area contributed by atoms with E-state index in [9.17, 15) is 17.9 Å². The second-order valence-electron chi connectivity index (χ2n) is 11.3. The minimum Gasteiger partial charge on any atom is -0.504 e. The molecule has 41 heavy (non-hydrogen) atoms. The smallest absolute Gasteiger partial charge is 0.243 e. The first-order valence-electron chi connectivity index (χ1n) is 13.7. The van der Waals surface area contributed by atoms with Crippen LogP contribution in [0.1, 0.15) is 56.7 Å². The number of rotatable bonds is 4. The van der Waals surface area contributed by atoms with Gasteiger partial charge in [-0.25, -0.2) is 12.8 Å². The molecule has 3 aliphatic heterocycles. The molecule has 1 saturated heterocycles. The lowest BCUT2D eigenvalue weighted by Crippen LogP contribution is -2.36. The number of benzene rings is 3. The normalized spacial score (nSPS) is 18.9. The number of halogens is 1. The maximum Gasteiger partial charge on any atom is 0.243 e. The number of phenolic OH excluding ortho intramolecular Hbond substituents is 1. The number of hydrogen-bond donors (Lipinski definition) is 2. The molecule has 0 unspecified atom stereocenters. The lowest BCUT2D eigenvalue weighted by atomic mass is 9.83. The summed E-state index contributed by atoms with van der Waals surface area (Å²) >= 11 is 0. The Bertz CT molecular complexity index is 1740. The van der Waals surface area contributed by atoms with E-state index in [2.05, 4.69) is 25.2 Å². The van der Waals surface area contributed by atoms with Gasteiger partial charge in [-0.2, -0.15) is 4.31 Å². The van der Waals surface area contributed by atoms with Gasteiger partial charge in [0.2, 0.25) is 10.0 Å². The van der Waals surface area contributed by atoms with Crippen LogP contribution in [0.4, 0.5) is 10.1 Å². The van der Waals surface area contributed by atoms with Crippen LogP contribution in [0.3, 0.4) is 0 Å². The summed E-state index contributed by atoms with van der Waals surface area (Å²) in [5, 5.41) is 14.2. The third-order valence-electron chi connectivity index (χ3n) is 7.87. The topological polar surface area (TPSA) is 88.1 Å². The Morgan fingerprint density at radius 2 is 1.80 bits per heavy atom. The lowest BCUT2D eigenvalue weighted by Gasteiger charge is -2.35. The van der Waals surface area contributed by atoms with E-state index in [4.69, 9.17) is 9.47 Å². The Morgan fingerprint density at radius 3 is 2.54 bits per heavy atom. The highest BCUT2D eigenvalue weighted by Crippen LogP contribution is 2.54. The fraction of sp³-hybridized carbons (Fsp3) is 0.312. The van der Waals surface area contributed by atoms with Gasteiger partial charge in [0.25, 0.3) is 0 Å². The fourth-order valence-electron chi connectivity index (χ4n) is 6.19. The number of fused-ring (bicyclic) bond motifs is 5. The molecule has 7 nitrogen and oxygen atoms in total. The Kier molecular flexibility index (Phi) is 6.62. The Hall–Kier alpha value is -3.82. The van der Waals surface area contributed by atoms with Crippen molar-refractivity contribution in [3.63, 3.8) is 0 Å². The molecule has 3 heterocycles. The van der Waals surface area contributed by atoms with Crippen LogP contribution in [0.15, 0.2) is 53.4 Å². The molecule has 1 fully saturated rings. The first-order chi connectivity index (χ1) is 19.5. The van der Waals surface area contributed by atoms with Gasteiger partial charge >= 0.3 is 0 Å². The molecule has 3 aromatic rings. The number of hydrogen-bond acceptors (Lipinski definition) is 6. The molecular weight excluding hydrogens is 543 g/mol. The van der Waals surface area contributed by atoms with Crippen LogP contribution in [-0.4, -0.2) is 43.6 Å². The number of nitrogens with zero attached hydrogens (tertiary/aromatic N) is 1. The van der Waals surface area contributed by atoms with E-state index in [1.165, 1.54) is 29.6 Å². The number of methoxy groups -OCH3 is 1. The summed E-state index contributed by atoms with van der Waals surface area (Å²) in [6.07, 6.45) is 6.32. The van der Waals surface area contributed by atoms with Crippen LogP contribution in [-0.2, 0) is 10.0 Å². The van der Waals surface area contributed by atoms with Crippen LogP contribution in [0.2, 0.25) is 0 Å². The molecule has 2 N–H and O–H groups in total. The van der Waals surface area contributed by atoms with E-state index in [0.29, 0.717) is 35.7 Å². The van der Waals surface area contributed by atoms with Crippen molar-refractivity contribution in [1.82, 2.24) is 4.31 Å². The van der Waals surface area contributed by atoms with Gasteiger partial charge in [-0.15, -0.1) is 0 Å². The van der Waals surface area contributed by atoms with Gasteiger partial charge in [0.05, 0.1) is 23.1 Å². The van der Waals surface area contributed by atoms with E-state index < -0.39 is 15.8 Å². The van der Waals surface area contributed by atoms with Crippen LogP contribution >= 0.6 is 0 Å². The average molecular weight is 577 g/mol. The molecule has 0 spiro atoms. The van der Waals surface area contributed by atoms with Gasteiger partial charge in [0.1, 0.15) is 17.3 Å². The van der Waals surface area contributed by atoms with Gasteiger partial charge in [-0.3, -0.25) is 0 Å². The molecule has 0 saturated carbocycles. The van der Waals surface area contributed by atoms with Crippen LogP contribution in [0.5, 0.6) is 17.2 Å². The molecule has 0 bridgehead atoms. The van der Waals surface area contributed by atoms with Crippen LogP contribution in [0, 0.1) is 5.82 Å². The largest absolute Gasteiger partial charge is 0.504 e. The standard InChI is InChI=1S/C32H33FN2O5S/c1-19-18-32(2,3)34-23-11-10-22-29(28(19)23)26(40-25-13-12-24(36)31(39-4)30(22)25)16-20-8-9-21(33)17-27(20)41(37,38)35-14-6-5-7-15-35/h8-13,16-18,34,36H,5-7,14-15H2,1-4H3/b26-16-. The summed E-state index contributed by atoms with van der Waals surface area (Å²) in [6.45, 7) is 7.00. The summed E-state index contributed by atoms with van der Waals surface area (Å²) in [4.78, 5) is -0.0949. The van der Waals surface area contributed by atoms with Crippen molar-refractivity contribution in [2.24, 2.45) is 0 Å². The van der Waals surface area contributed by atoms with Crippen LogP contribution < -0.4 is 14.8 Å². The zero-order valence-electron chi connectivity index (χ0n) is 23.5. The van der Waals surface area contributed by atoms with Crippen molar-refractivity contribution in [2.75, 3.05) is 25.5 Å². The molecule has 0 radical (unpaired) electrons. The van der Waals surface area contributed by atoms with E-state index in [0.717, 1.165) is 53.3 Å². The third kappa shape index (κ3) is 4.67. The number of nitrogens with one attached hydrogen (secondary N) is 1. The summed E-state index contributed by atoms with van der Waals surface area (Å²) in [6, 6.07) is 10.9. The van der Waals surface area contributed by atoms with E-state index in [1.807, 2.05) is 19.1 Å². The second-order valence-corrected chi connectivity index (χ2v) is 13.2. The highest BCUT2D eigenvalue weighted by molar-refractivity contribution is 7.89. The minimum atomic E-state index is -3.95. The molecule has 0 atom stereocenters. The zero-order chi connectivity index (χ0) is 29.1. The SMILES string of the molecule is COc1c(O)ccc2c1-c1ccc3c(c1/C(=C/c1ccc(F)cc1S(=O)(=O)N1CCCCC1)O2)C(C)=CC(C)(C)N3. The number of allylic oxidation sites excluding steroid dienone is 1. The molecule has 0 amide bonds. The first-order valence-corrected chi connectivity index (χ1v) is 15.2. The Morgan fingerprint density at radius 1 is 1.05 bits per heavy atom. The zero-order valence-corrected chi connectivity index (χ0v) is 24.4. The van der Waals surface area contributed by atoms with Gasteiger partial charge in [-0.05, 0) is 81.2 Å². The molecule has 3 aliphatic rings. The lowest BCUT2D eigenvalue weighted by molar-refractivity contribution is 0.346. The van der Waals surface area contributed by atoms with Gasteiger partial charge in [-0.1, -0.05) is 24.6 Å². The minimum absolute atomic E-state index is 0.0223. The Balaban J connectivity index is 1.61. The molecule has 6 rings (SSSR count). The van der Waals surface area contributed by atoms with Crippen molar-refractivity contribution >= 4 is 33.1 Å². The Labute approximate surface area is 240 Å². The number of ether oxygens (including phenoxy) is 2. The second kappa shape index (κ2) is 9.92. The van der Waals surface area contributed by atoms with Crippen molar-refractivity contribution in [2.45, 2.75) is 50.5 Å². The van der Waals surface area contributed by atoms with Gasteiger partial charge in [0.15, 0.2) is 11.5 Å². The quantitative estimate of drug-likeness (QED) is 0.352. The number of piperidine rings is 1. The molecule has 0 aliphatic carbocycles. The average Bonchev–Trinajstić information content (AvgIpc) is 2.93. The van der Waals surface area contributed by atoms with E-state index >= 15 is 0 Å². The highest BCUT2D eigenvalue weighted by Gasteiger charge is 2.34. The first kappa shape index (κ1) is 27.4. The van der Waals surface area contributed by atoms with Crippen molar-refractivity contribution < 1.29 is 27.4 Å². The number of anilines is 1. The third-order valence-corrected chi connectivity index (χ3v) is 9.82. The predicted molar refractivity (Wildman–Crippen MR) is 159 cm³/mol. The fourth-order valence-corrected chi connectivity index (χ4v) is 7.89. The molecule has 3 aromatic carbocycles. The summed E-state index contributed by atoms with van der Waals surface area (Å²) < 4.78 is 55.6. The maximum atomic E-state index is 14.5. The number of aromatic hydroxyl groups is 1. The molecule has 214 valence electrons. The molecule has 9 heteroatoms. The number of sulfonamides is 1.